The van der Waals surface area contributed by atoms with E-state index in [0.29, 0.717) is 0 Å². The Balaban J connectivity index is 1.91. The van der Waals surface area contributed by atoms with Gasteiger partial charge in [0.1, 0.15) is 5.82 Å². The van der Waals surface area contributed by atoms with Gasteiger partial charge in [-0.1, -0.05) is 19.1 Å². The lowest BCUT2D eigenvalue weighted by Gasteiger charge is -2.06. The van der Waals surface area contributed by atoms with Gasteiger partial charge in [-0.2, -0.15) is 0 Å². The van der Waals surface area contributed by atoms with Crippen LogP contribution in [-0.2, 0) is 6.54 Å². The van der Waals surface area contributed by atoms with Crippen LogP contribution in [0.4, 0.5) is 5.82 Å². The van der Waals surface area contributed by atoms with Crippen molar-refractivity contribution in [2.24, 2.45) is 0 Å². The molecule has 1 aromatic carbocycles. The van der Waals surface area contributed by atoms with Gasteiger partial charge in [-0.15, -0.1) is 11.8 Å². The SMILES string of the molecule is CCSc1ccc(CNc2ccc(Br)cn2)cc1. The highest BCUT2D eigenvalue weighted by Gasteiger charge is 1.96. The van der Waals surface area contributed by atoms with Gasteiger partial charge in [0.15, 0.2) is 0 Å². The monoisotopic (exact) mass is 322 g/mol. The lowest BCUT2D eigenvalue weighted by Crippen LogP contribution is -2.00. The van der Waals surface area contributed by atoms with E-state index >= 15 is 0 Å². The molecule has 94 valence electrons. The molecule has 1 heterocycles. The highest BCUT2D eigenvalue weighted by Crippen LogP contribution is 2.18. The molecule has 0 aliphatic rings. The van der Waals surface area contributed by atoms with Crippen molar-refractivity contribution in [3.8, 4) is 0 Å². The second-order valence-corrected chi connectivity index (χ2v) is 6.05. The molecule has 0 spiro atoms. The van der Waals surface area contributed by atoms with E-state index in [9.17, 15) is 0 Å². The lowest BCUT2D eigenvalue weighted by molar-refractivity contribution is 1.10. The van der Waals surface area contributed by atoms with Gasteiger partial charge in [0.25, 0.3) is 0 Å². The summed E-state index contributed by atoms with van der Waals surface area (Å²) in [5, 5.41) is 3.30. The average Bonchev–Trinajstić information content (AvgIpc) is 2.40. The molecule has 2 aromatic rings. The van der Waals surface area contributed by atoms with E-state index in [-0.39, 0.29) is 0 Å². The Hall–Kier alpha value is -1.00. The van der Waals surface area contributed by atoms with Crippen LogP contribution < -0.4 is 5.32 Å². The minimum absolute atomic E-state index is 0.797. The summed E-state index contributed by atoms with van der Waals surface area (Å²) in [5.41, 5.74) is 1.26. The number of hydrogen-bond donors (Lipinski definition) is 1. The number of hydrogen-bond acceptors (Lipinski definition) is 3. The predicted octanol–water partition coefficient (Wildman–Crippen LogP) is 4.57. The molecule has 0 amide bonds. The molecule has 0 fully saturated rings. The van der Waals surface area contributed by atoms with Crippen LogP contribution in [0.2, 0.25) is 0 Å². The standard InChI is InChI=1S/C14H15BrN2S/c1-2-18-13-6-3-11(4-7-13)9-16-14-8-5-12(15)10-17-14/h3-8,10H,2,9H2,1H3,(H,16,17). The number of aromatic nitrogens is 1. The van der Waals surface area contributed by atoms with Crippen LogP contribution in [0, 0.1) is 0 Å². The molecular weight excluding hydrogens is 308 g/mol. The molecule has 0 atom stereocenters. The van der Waals surface area contributed by atoms with Gasteiger partial charge in [-0.05, 0) is 51.5 Å². The summed E-state index contributed by atoms with van der Waals surface area (Å²) < 4.78 is 0.994. The maximum Gasteiger partial charge on any atom is 0.126 e. The second-order valence-electron chi connectivity index (χ2n) is 3.79. The molecule has 1 N–H and O–H groups in total. The van der Waals surface area contributed by atoms with Gasteiger partial charge in [0.2, 0.25) is 0 Å². The fourth-order valence-corrected chi connectivity index (χ4v) is 2.44. The minimum atomic E-state index is 0.797. The van der Waals surface area contributed by atoms with Gasteiger partial charge in [0.05, 0.1) is 0 Å². The zero-order valence-electron chi connectivity index (χ0n) is 10.2. The van der Waals surface area contributed by atoms with Crippen LogP contribution in [-0.4, -0.2) is 10.7 Å². The highest BCUT2D eigenvalue weighted by molar-refractivity contribution is 9.10. The van der Waals surface area contributed by atoms with Crippen molar-refractivity contribution in [1.29, 1.82) is 0 Å². The summed E-state index contributed by atoms with van der Waals surface area (Å²) >= 11 is 5.23. The van der Waals surface area contributed by atoms with Crippen LogP contribution in [0.5, 0.6) is 0 Å². The molecule has 18 heavy (non-hydrogen) atoms. The molecule has 0 aliphatic heterocycles. The van der Waals surface area contributed by atoms with E-state index in [0.717, 1.165) is 22.6 Å². The van der Waals surface area contributed by atoms with E-state index in [1.54, 1.807) is 6.20 Å². The van der Waals surface area contributed by atoms with Crippen LogP contribution in [0.3, 0.4) is 0 Å². The number of thioether (sulfide) groups is 1. The van der Waals surface area contributed by atoms with Crippen molar-refractivity contribution >= 4 is 33.5 Å². The van der Waals surface area contributed by atoms with Crippen molar-refractivity contribution in [2.75, 3.05) is 11.1 Å². The number of rotatable bonds is 5. The van der Waals surface area contributed by atoms with Crippen molar-refractivity contribution in [2.45, 2.75) is 18.4 Å². The summed E-state index contributed by atoms with van der Waals surface area (Å²) in [4.78, 5) is 5.60. The van der Waals surface area contributed by atoms with Gasteiger partial charge in [-0.3, -0.25) is 0 Å². The van der Waals surface area contributed by atoms with E-state index in [1.807, 2.05) is 23.9 Å². The predicted molar refractivity (Wildman–Crippen MR) is 82.1 cm³/mol. The van der Waals surface area contributed by atoms with Crippen LogP contribution in [0.25, 0.3) is 0 Å². The Morgan fingerprint density at radius 2 is 1.94 bits per heavy atom. The molecule has 0 saturated carbocycles. The van der Waals surface area contributed by atoms with Gasteiger partial charge < -0.3 is 5.32 Å². The first-order chi connectivity index (χ1) is 8.78. The van der Waals surface area contributed by atoms with E-state index in [1.165, 1.54) is 10.5 Å². The molecule has 4 heteroatoms. The smallest absolute Gasteiger partial charge is 0.126 e. The van der Waals surface area contributed by atoms with E-state index in [2.05, 4.69) is 57.4 Å². The Kier molecular flexibility index (Phi) is 5.08. The maximum atomic E-state index is 4.28. The van der Waals surface area contributed by atoms with E-state index < -0.39 is 0 Å². The van der Waals surface area contributed by atoms with Gasteiger partial charge >= 0.3 is 0 Å². The molecule has 2 rings (SSSR count). The lowest BCUT2D eigenvalue weighted by atomic mass is 10.2. The van der Waals surface area contributed by atoms with Gasteiger partial charge in [-0.25, -0.2) is 4.98 Å². The Bertz CT molecular complexity index is 482. The number of nitrogens with zero attached hydrogens (tertiary/aromatic N) is 1. The summed E-state index contributed by atoms with van der Waals surface area (Å²) in [5.74, 6) is 2.01. The highest BCUT2D eigenvalue weighted by atomic mass is 79.9. The van der Waals surface area contributed by atoms with E-state index in [4.69, 9.17) is 0 Å². The molecule has 0 saturated heterocycles. The topological polar surface area (TPSA) is 24.9 Å². The molecular formula is C14H15BrN2S. The summed E-state index contributed by atoms with van der Waals surface area (Å²) in [7, 11) is 0. The fourth-order valence-electron chi connectivity index (χ4n) is 1.54. The number of pyridine rings is 1. The van der Waals surface area contributed by atoms with Crippen molar-refractivity contribution in [3.05, 3.63) is 52.6 Å². The molecule has 1 aromatic heterocycles. The number of nitrogens with one attached hydrogen (secondary N) is 1. The number of benzene rings is 1. The number of anilines is 1. The second kappa shape index (κ2) is 6.81. The molecule has 0 bridgehead atoms. The zero-order chi connectivity index (χ0) is 12.8. The maximum absolute atomic E-state index is 4.28. The van der Waals surface area contributed by atoms with Crippen LogP contribution >= 0.6 is 27.7 Å². The first-order valence-electron chi connectivity index (χ1n) is 5.85. The summed E-state index contributed by atoms with van der Waals surface area (Å²) in [6.07, 6.45) is 1.79. The molecule has 0 aliphatic carbocycles. The minimum Gasteiger partial charge on any atom is -0.366 e. The fraction of sp³-hybridized carbons (Fsp3) is 0.214. The first kappa shape index (κ1) is 13.4. The third-order valence-electron chi connectivity index (χ3n) is 2.44. The summed E-state index contributed by atoms with van der Waals surface area (Å²) in [6, 6.07) is 12.6. The average molecular weight is 323 g/mol. The Labute approximate surface area is 120 Å². The number of halogens is 1. The van der Waals surface area contributed by atoms with Crippen molar-refractivity contribution in [3.63, 3.8) is 0 Å². The van der Waals surface area contributed by atoms with Gasteiger partial charge in [0, 0.05) is 22.1 Å². The third-order valence-corrected chi connectivity index (χ3v) is 3.80. The van der Waals surface area contributed by atoms with Crippen molar-refractivity contribution in [1.82, 2.24) is 4.98 Å². The van der Waals surface area contributed by atoms with Crippen LogP contribution in [0.15, 0.2) is 52.0 Å². The normalized spacial score (nSPS) is 10.3. The van der Waals surface area contributed by atoms with Crippen LogP contribution in [0.1, 0.15) is 12.5 Å². The third kappa shape index (κ3) is 4.03. The Morgan fingerprint density at radius 1 is 1.17 bits per heavy atom. The molecule has 0 radical (unpaired) electrons. The first-order valence-corrected chi connectivity index (χ1v) is 7.63. The molecule has 2 nitrogen and oxygen atoms in total. The Morgan fingerprint density at radius 3 is 2.56 bits per heavy atom. The largest absolute Gasteiger partial charge is 0.366 e. The van der Waals surface area contributed by atoms with Crippen molar-refractivity contribution < 1.29 is 0 Å². The zero-order valence-corrected chi connectivity index (χ0v) is 12.6. The summed E-state index contributed by atoms with van der Waals surface area (Å²) in [6.45, 7) is 2.96. The molecule has 0 unspecified atom stereocenters. The quantitative estimate of drug-likeness (QED) is 0.816.